The number of alkyl halides is 3. The van der Waals surface area contributed by atoms with Crippen LogP contribution in [-0.4, -0.2) is 18.7 Å². The van der Waals surface area contributed by atoms with Crippen LogP contribution in [-0.2, 0) is 12.6 Å². The molecule has 0 aromatic heterocycles. The van der Waals surface area contributed by atoms with E-state index in [9.17, 15) is 13.2 Å². The van der Waals surface area contributed by atoms with E-state index in [1.165, 1.54) is 6.07 Å². The molecule has 1 aromatic carbocycles. The molecule has 1 spiro atoms. The number of hydrogen-bond donors (Lipinski definition) is 1. The molecule has 2 nitrogen and oxygen atoms in total. The predicted molar refractivity (Wildman–Crippen MR) is 67.9 cm³/mol. The second-order valence-corrected chi connectivity index (χ2v) is 4.99. The topological polar surface area (TPSA) is 21.3 Å². The molecule has 2 aliphatic heterocycles. The minimum absolute atomic E-state index is 0. The Morgan fingerprint density at radius 3 is 2.47 bits per heavy atom. The molecule has 0 amide bonds. The smallest absolute Gasteiger partial charge is 0.416 e. The largest absolute Gasteiger partial charge is 0.487 e. The van der Waals surface area contributed by atoms with Crippen molar-refractivity contribution >= 4 is 12.4 Å². The zero-order valence-electron chi connectivity index (χ0n) is 10.2. The van der Waals surface area contributed by atoms with E-state index < -0.39 is 17.3 Å². The van der Waals surface area contributed by atoms with Crippen molar-refractivity contribution in [3.8, 4) is 5.75 Å². The first kappa shape index (κ1) is 14.5. The van der Waals surface area contributed by atoms with Crippen LogP contribution in [0.25, 0.3) is 0 Å². The van der Waals surface area contributed by atoms with Crippen molar-refractivity contribution in [2.24, 2.45) is 0 Å². The zero-order valence-corrected chi connectivity index (χ0v) is 11.0. The number of fused-ring (bicyclic) bond motifs is 1. The minimum Gasteiger partial charge on any atom is -0.487 e. The lowest BCUT2D eigenvalue weighted by atomic mass is 9.86. The second kappa shape index (κ2) is 4.87. The molecule has 0 atom stereocenters. The summed E-state index contributed by atoms with van der Waals surface area (Å²) in [6, 6.07) is 4.20. The average molecular weight is 294 g/mol. The van der Waals surface area contributed by atoms with E-state index in [1.807, 2.05) is 0 Å². The van der Waals surface area contributed by atoms with Gasteiger partial charge in [0, 0.05) is 12.0 Å². The molecule has 1 saturated heterocycles. The first-order valence-electron chi connectivity index (χ1n) is 6.09. The third-order valence-electron chi connectivity index (χ3n) is 3.78. The highest BCUT2D eigenvalue weighted by Gasteiger charge is 2.45. The zero-order chi connectivity index (χ0) is 12.8. The van der Waals surface area contributed by atoms with Gasteiger partial charge in [0.2, 0.25) is 0 Å². The average Bonchev–Trinajstić information content (AvgIpc) is 2.65. The second-order valence-electron chi connectivity index (χ2n) is 4.99. The first-order valence-corrected chi connectivity index (χ1v) is 6.09. The fourth-order valence-electron chi connectivity index (χ4n) is 2.86. The fraction of sp³-hybridized carbons (Fsp3) is 0.538. The van der Waals surface area contributed by atoms with Gasteiger partial charge in [-0.3, -0.25) is 0 Å². The molecule has 6 heteroatoms. The van der Waals surface area contributed by atoms with Crippen molar-refractivity contribution in [2.45, 2.75) is 31.0 Å². The summed E-state index contributed by atoms with van der Waals surface area (Å²) in [6.45, 7) is 1.60. The maximum absolute atomic E-state index is 12.9. The summed E-state index contributed by atoms with van der Waals surface area (Å²) in [6.07, 6.45) is -2.40. The van der Waals surface area contributed by atoms with Crippen molar-refractivity contribution in [1.82, 2.24) is 5.32 Å². The number of benzene rings is 1. The molecule has 0 unspecified atom stereocenters. The Hall–Kier alpha value is -0.940. The quantitative estimate of drug-likeness (QED) is 0.793. The summed E-state index contributed by atoms with van der Waals surface area (Å²) >= 11 is 0. The van der Waals surface area contributed by atoms with E-state index in [2.05, 4.69) is 5.32 Å². The van der Waals surface area contributed by atoms with Crippen LogP contribution in [0.5, 0.6) is 5.75 Å². The van der Waals surface area contributed by atoms with Crippen molar-refractivity contribution in [3.05, 3.63) is 29.3 Å². The van der Waals surface area contributed by atoms with Crippen molar-refractivity contribution in [1.29, 1.82) is 0 Å². The Morgan fingerprint density at radius 2 is 1.84 bits per heavy atom. The van der Waals surface area contributed by atoms with Gasteiger partial charge in [0.15, 0.2) is 0 Å². The van der Waals surface area contributed by atoms with Gasteiger partial charge < -0.3 is 10.1 Å². The van der Waals surface area contributed by atoms with E-state index in [0.717, 1.165) is 32.0 Å². The fourth-order valence-corrected chi connectivity index (χ4v) is 2.86. The van der Waals surface area contributed by atoms with Gasteiger partial charge in [-0.05, 0) is 38.1 Å². The van der Waals surface area contributed by atoms with Gasteiger partial charge in [-0.25, -0.2) is 0 Å². The molecule has 3 rings (SSSR count). The Kier molecular flexibility index (Phi) is 3.71. The number of rotatable bonds is 0. The van der Waals surface area contributed by atoms with E-state index in [-0.39, 0.29) is 12.4 Å². The molecular weight excluding hydrogens is 279 g/mol. The predicted octanol–water partition coefficient (Wildman–Crippen LogP) is 3.18. The van der Waals surface area contributed by atoms with Crippen LogP contribution in [0.1, 0.15) is 24.0 Å². The number of piperidine rings is 1. The van der Waals surface area contributed by atoms with Crippen LogP contribution < -0.4 is 10.1 Å². The molecule has 1 N–H and O–H groups in total. The molecular formula is C13H15ClF3NO. The van der Waals surface area contributed by atoms with Gasteiger partial charge in [0.05, 0.1) is 5.56 Å². The van der Waals surface area contributed by atoms with E-state index >= 15 is 0 Å². The maximum Gasteiger partial charge on any atom is 0.416 e. The number of halogens is 4. The molecule has 0 radical (unpaired) electrons. The highest BCUT2D eigenvalue weighted by molar-refractivity contribution is 5.85. The molecule has 0 bridgehead atoms. The van der Waals surface area contributed by atoms with E-state index in [0.29, 0.717) is 17.7 Å². The highest BCUT2D eigenvalue weighted by Crippen LogP contribution is 2.45. The molecule has 2 aliphatic rings. The maximum atomic E-state index is 12.9. The van der Waals surface area contributed by atoms with Gasteiger partial charge in [-0.1, -0.05) is 6.07 Å². The summed E-state index contributed by atoms with van der Waals surface area (Å²) < 4.78 is 44.6. The Bertz CT molecular complexity index is 469. The highest BCUT2D eigenvalue weighted by atomic mass is 35.5. The van der Waals surface area contributed by atoms with Gasteiger partial charge in [0.25, 0.3) is 0 Å². The van der Waals surface area contributed by atoms with Gasteiger partial charge in [-0.15, -0.1) is 12.4 Å². The van der Waals surface area contributed by atoms with Gasteiger partial charge in [0.1, 0.15) is 11.4 Å². The van der Waals surface area contributed by atoms with Crippen molar-refractivity contribution in [3.63, 3.8) is 0 Å². The summed E-state index contributed by atoms with van der Waals surface area (Å²) in [7, 11) is 0. The SMILES string of the molecule is Cl.FC(F)(F)c1cccc2c1CC1(CCNCC1)O2. The molecule has 106 valence electrons. The molecule has 1 fully saturated rings. The van der Waals surface area contributed by atoms with Gasteiger partial charge >= 0.3 is 6.18 Å². The standard InChI is InChI=1S/C13H14F3NO.ClH/c14-13(15,16)10-2-1-3-11-9(10)8-12(18-11)4-6-17-7-5-12;/h1-3,17H,4-8H2;1H. The molecule has 1 aromatic rings. The Morgan fingerprint density at radius 1 is 1.16 bits per heavy atom. The number of hydrogen-bond acceptors (Lipinski definition) is 2. The molecule has 2 heterocycles. The summed E-state index contributed by atoms with van der Waals surface area (Å²) in [4.78, 5) is 0. The van der Waals surface area contributed by atoms with Crippen LogP contribution in [0.3, 0.4) is 0 Å². The Labute approximate surface area is 115 Å². The lowest BCUT2D eigenvalue weighted by Gasteiger charge is -2.33. The first-order chi connectivity index (χ1) is 8.50. The van der Waals surface area contributed by atoms with Crippen LogP contribution in [0.4, 0.5) is 13.2 Å². The van der Waals surface area contributed by atoms with E-state index in [4.69, 9.17) is 4.74 Å². The Balaban J connectivity index is 0.00000133. The van der Waals surface area contributed by atoms with Crippen LogP contribution in [0.15, 0.2) is 18.2 Å². The molecule has 0 saturated carbocycles. The summed E-state index contributed by atoms with van der Waals surface area (Å²) in [5.41, 5.74) is -0.642. The number of nitrogens with one attached hydrogen (secondary N) is 1. The lowest BCUT2D eigenvalue weighted by molar-refractivity contribution is -0.138. The van der Waals surface area contributed by atoms with Crippen LogP contribution in [0, 0.1) is 0 Å². The third-order valence-corrected chi connectivity index (χ3v) is 3.78. The normalized spacial score (nSPS) is 20.6. The summed E-state index contributed by atoms with van der Waals surface area (Å²) in [5.74, 6) is 0.409. The van der Waals surface area contributed by atoms with Crippen molar-refractivity contribution in [2.75, 3.05) is 13.1 Å². The van der Waals surface area contributed by atoms with Crippen LogP contribution >= 0.6 is 12.4 Å². The third kappa shape index (κ3) is 2.54. The lowest BCUT2D eigenvalue weighted by Crippen LogP contribution is -2.45. The van der Waals surface area contributed by atoms with E-state index in [1.54, 1.807) is 6.07 Å². The van der Waals surface area contributed by atoms with Crippen LogP contribution in [0.2, 0.25) is 0 Å². The summed E-state index contributed by atoms with van der Waals surface area (Å²) in [5, 5.41) is 3.21. The minimum atomic E-state index is -4.30. The number of ether oxygens (including phenoxy) is 1. The molecule has 19 heavy (non-hydrogen) atoms. The van der Waals surface area contributed by atoms with Gasteiger partial charge in [-0.2, -0.15) is 13.2 Å². The monoisotopic (exact) mass is 293 g/mol. The molecule has 0 aliphatic carbocycles. The van der Waals surface area contributed by atoms with Crippen molar-refractivity contribution < 1.29 is 17.9 Å².